The Morgan fingerprint density at radius 2 is 0.904 bits per heavy atom. The van der Waals surface area contributed by atoms with Gasteiger partial charge in [-0.05, 0) is 116 Å². The Morgan fingerprint density at radius 1 is 0.308 bits per heavy atom. The van der Waals surface area contributed by atoms with E-state index in [2.05, 4.69) is 204 Å². The predicted molar refractivity (Wildman–Crippen MR) is 221 cm³/mol. The highest BCUT2D eigenvalue weighted by Crippen LogP contribution is 2.48. The zero-order chi connectivity index (χ0) is 34.2. The molecule has 11 aromatic rings. The molecule has 10 aromatic carbocycles. The van der Waals surface area contributed by atoms with Gasteiger partial charge in [0.1, 0.15) is 0 Å². The van der Waals surface area contributed by atoms with Crippen LogP contribution in [-0.2, 0) is 0 Å². The lowest BCUT2D eigenvalue weighted by Gasteiger charge is -2.25. The molecule has 0 fully saturated rings. The van der Waals surface area contributed by atoms with Gasteiger partial charge < -0.3 is 9.47 Å². The Labute approximate surface area is 301 Å². The summed E-state index contributed by atoms with van der Waals surface area (Å²) in [5, 5.41) is 10.6. The van der Waals surface area contributed by atoms with E-state index in [-0.39, 0.29) is 0 Å². The molecule has 0 atom stereocenters. The summed E-state index contributed by atoms with van der Waals surface area (Å²) in [6, 6.07) is 70.7. The van der Waals surface area contributed by atoms with Crippen LogP contribution in [0.1, 0.15) is 0 Å². The van der Waals surface area contributed by atoms with Crippen molar-refractivity contribution in [3.8, 4) is 27.9 Å². The number of aromatic nitrogens is 1. The number of nitrogens with zero attached hydrogens (tertiary/aromatic N) is 2. The van der Waals surface area contributed by atoms with E-state index in [1.807, 2.05) is 0 Å². The van der Waals surface area contributed by atoms with Crippen molar-refractivity contribution < 1.29 is 0 Å². The smallest absolute Gasteiger partial charge is 0.0553 e. The fourth-order valence-electron chi connectivity index (χ4n) is 8.56. The van der Waals surface area contributed by atoms with Crippen LogP contribution in [0, 0.1) is 0 Å². The van der Waals surface area contributed by atoms with Crippen LogP contribution in [0.4, 0.5) is 17.1 Å². The van der Waals surface area contributed by atoms with Crippen LogP contribution in [0.15, 0.2) is 194 Å². The number of para-hydroxylation sites is 2. The molecule has 0 bridgehead atoms. The van der Waals surface area contributed by atoms with Gasteiger partial charge in [0, 0.05) is 38.9 Å². The Bertz CT molecular complexity index is 2990. The molecule has 242 valence electrons. The number of hydrogen-bond acceptors (Lipinski definition) is 1. The van der Waals surface area contributed by atoms with E-state index in [1.54, 1.807) is 0 Å². The van der Waals surface area contributed by atoms with Gasteiger partial charge in [-0.15, -0.1) is 0 Å². The van der Waals surface area contributed by atoms with Crippen molar-refractivity contribution in [3.63, 3.8) is 0 Å². The maximum atomic E-state index is 2.50. The summed E-state index contributed by atoms with van der Waals surface area (Å²) in [5.41, 5.74) is 11.8. The van der Waals surface area contributed by atoms with Gasteiger partial charge in [-0.25, -0.2) is 0 Å². The monoisotopic (exact) mass is 660 g/mol. The zero-order valence-electron chi connectivity index (χ0n) is 28.4. The van der Waals surface area contributed by atoms with Gasteiger partial charge in [0.25, 0.3) is 0 Å². The molecule has 0 aliphatic carbocycles. The van der Waals surface area contributed by atoms with Gasteiger partial charge in [0.05, 0.1) is 11.0 Å². The summed E-state index contributed by atoms with van der Waals surface area (Å²) in [5.74, 6) is 0. The number of rotatable bonds is 6. The minimum absolute atomic E-state index is 1.12. The third-order valence-corrected chi connectivity index (χ3v) is 10.8. The second-order valence-corrected chi connectivity index (χ2v) is 13.8. The molecule has 1 heterocycles. The molecule has 0 amide bonds. The number of anilines is 3. The topological polar surface area (TPSA) is 8.17 Å². The second-order valence-electron chi connectivity index (χ2n) is 13.8. The van der Waals surface area contributed by atoms with Crippen LogP contribution in [-0.4, -0.2) is 4.57 Å². The van der Waals surface area contributed by atoms with Gasteiger partial charge in [0.15, 0.2) is 0 Å². The van der Waals surface area contributed by atoms with E-state index < -0.39 is 0 Å². The fraction of sp³-hybridized carbons (Fsp3) is 0. The number of hydrogen-bond donors (Lipinski definition) is 0. The molecule has 0 aliphatic heterocycles. The highest BCUT2D eigenvalue weighted by atomic mass is 15.1. The molecule has 0 unspecified atom stereocenters. The fourth-order valence-corrected chi connectivity index (χ4v) is 8.56. The van der Waals surface area contributed by atoms with E-state index in [0.29, 0.717) is 0 Å². The third kappa shape index (κ3) is 4.31. The van der Waals surface area contributed by atoms with Crippen LogP contribution in [0.5, 0.6) is 0 Å². The van der Waals surface area contributed by atoms with Crippen molar-refractivity contribution in [1.82, 2.24) is 4.57 Å². The average molecular weight is 661 g/mol. The summed E-state index contributed by atoms with van der Waals surface area (Å²) in [7, 11) is 0. The molecule has 52 heavy (non-hydrogen) atoms. The Morgan fingerprint density at radius 3 is 1.63 bits per heavy atom. The summed E-state index contributed by atoms with van der Waals surface area (Å²) in [4.78, 5) is 2.31. The molecular weight excluding hydrogens is 629 g/mol. The van der Waals surface area contributed by atoms with Crippen LogP contribution in [0.2, 0.25) is 0 Å². The summed E-state index contributed by atoms with van der Waals surface area (Å²) >= 11 is 0. The van der Waals surface area contributed by atoms with Crippen molar-refractivity contribution in [3.05, 3.63) is 194 Å². The lowest BCUT2D eigenvalue weighted by Crippen LogP contribution is -2.09. The van der Waals surface area contributed by atoms with E-state index in [0.717, 1.165) is 22.7 Å². The lowest BCUT2D eigenvalue weighted by molar-refractivity contribution is 1.18. The molecular formula is C50H32N2. The van der Waals surface area contributed by atoms with Gasteiger partial charge in [-0.2, -0.15) is 0 Å². The molecule has 0 saturated heterocycles. The normalized spacial score (nSPS) is 11.8. The highest BCUT2D eigenvalue weighted by molar-refractivity contribution is 6.40. The Hall–Kier alpha value is -6.90. The van der Waals surface area contributed by atoms with E-state index in [9.17, 15) is 0 Å². The first-order valence-electron chi connectivity index (χ1n) is 17.9. The quantitative estimate of drug-likeness (QED) is 0.127. The van der Waals surface area contributed by atoms with E-state index in [1.165, 1.54) is 76.4 Å². The first kappa shape index (κ1) is 28.9. The standard InChI is InChI=1S/C50H32N2/c1-4-12-33(13-5-1)38-31-44-43-21-11-14-35-22-23-36-26-29-45-50(48(36)47(35)43)49(44)46(32-38)52(45)42-20-10-15-37(30-42)34-24-27-41(28-25-34)51(39-16-6-2-7-17-39)40-18-8-3-9-19-40/h1-32H. The van der Waals surface area contributed by atoms with Crippen LogP contribution >= 0.6 is 0 Å². The highest BCUT2D eigenvalue weighted by Gasteiger charge is 2.23. The lowest BCUT2D eigenvalue weighted by atomic mass is 9.88. The predicted octanol–water partition coefficient (Wildman–Crippen LogP) is 13.9. The minimum atomic E-state index is 1.12. The molecule has 2 heteroatoms. The summed E-state index contributed by atoms with van der Waals surface area (Å²) in [6.07, 6.45) is 0. The molecule has 2 nitrogen and oxygen atoms in total. The summed E-state index contributed by atoms with van der Waals surface area (Å²) < 4.78 is 2.50. The minimum Gasteiger partial charge on any atom is -0.311 e. The molecule has 0 aliphatic rings. The number of fused-ring (bicyclic) bond motifs is 1. The van der Waals surface area contributed by atoms with Crippen molar-refractivity contribution in [2.75, 3.05) is 4.90 Å². The first-order chi connectivity index (χ1) is 25.8. The Kier molecular flexibility index (Phi) is 6.28. The maximum Gasteiger partial charge on any atom is 0.0553 e. The van der Waals surface area contributed by atoms with E-state index >= 15 is 0 Å². The van der Waals surface area contributed by atoms with Crippen molar-refractivity contribution in [1.29, 1.82) is 0 Å². The number of benzene rings is 10. The van der Waals surface area contributed by atoms with Crippen molar-refractivity contribution >= 4 is 71.2 Å². The first-order valence-corrected chi connectivity index (χ1v) is 17.9. The maximum absolute atomic E-state index is 2.50. The Balaban J connectivity index is 1.11. The molecule has 0 N–H and O–H groups in total. The van der Waals surface area contributed by atoms with Crippen molar-refractivity contribution in [2.24, 2.45) is 0 Å². The van der Waals surface area contributed by atoms with Crippen LogP contribution < -0.4 is 4.90 Å². The van der Waals surface area contributed by atoms with Gasteiger partial charge in [0.2, 0.25) is 0 Å². The largest absolute Gasteiger partial charge is 0.311 e. The molecule has 0 spiro atoms. The summed E-state index contributed by atoms with van der Waals surface area (Å²) in [6.45, 7) is 0. The van der Waals surface area contributed by atoms with Gasteiger partial charge in [-0.3, -0.25) is 0 Å². The molecule has 0 radical (unpaired) electrons. The van der Waals surface area contributed by atoms with Gasteiger partial charge >= 0.3 is 0 Å². The molecule has 11 rings (SSSR count). The zero-order valence-corrected chi connectivity index (χ0v) is 28.4. The van der Waals surface area contributed by atoms with Crippen molar-refractivity contribution in [2.45, 2.75) is 0 Å². The molecule has 0 saturated carbocycles. The third-order valence-electron chi connectivity index (χ3n) is 10.8. The van der Waals surface area contributed by atoms with E-state index in [4.69, 9.17) is 0 Å². The second kappa shape index (κ2) is 11.3. The SMILES string of the molecule is c1ccc(-c2cc3c4cccc5ccc6ccc7c(c6c54)c3c(c2)n7-c2cccc(-c3ccc(N(c4ccccc4)c4ccccc4)cc3)c2)cc1. The van der Waals surface area contributed by atoms with Crippen LogP contribution in [0.25, 0.3) is 82.1 Å². The molecule has 1 aromatic heterocycles. The average Bonchev–Trinajstić information content (AvgIpc) is 3.56. The van der Waals surface area contributed by atoms with Gasteiger partial charge in [-0.1, -0.05) is 127 Å². The van der Waals surface area contributed by atoms with Crippen LogP contribution in [0.3, 0.4) is 0 Å².